The molecule has 2 fully saturated rings. The summed E-state index contributed by atoms with van der Waals surface area (Å²) in [5.74, 6) is -0.807. The number of hydrogen-bond acceptors (Lipinski definition) is 4. The topological polar surface area (TPSA) is 55.8 Å². The minimum atomic E-state index is -0.614. The van der Waals surface area contributed by atoms with Crippen molar-refractivity contribution in [2.24, 2.45) is 17.8 Å². The molecule has 3 heterocycles. The van der Waals surface area contributed by atoms with Crippen LogP contribution in [0.1, 0.15) is 27.7 Å². The van der Waals surface area contributed by atoms with E-state index in [2.05, 4.69) is 13.8 Å². The quantitative estimate of drug-likeness (QED) is 0.580. The van der Waals surface area contributed by atoms with Gasteiger partial charge < -0.3 is 14.4 Å². The smallest absolute Gasteiger partial charge is 0.313 e. The highest BCUT2D eigenvalue weighted by Crippen LogP contribution is 2.52. The van der Waals surface area contributed by atoms with Crippen LogP contribution in [0.3, 0.4) is 0 Å². The SMILES string of the molecule is CC(C)CN1C[C@@]23C=C[C@@H](O2)C(C(=O)OC(C)C)[C@H]3C1=O. The van der Waals surface area contributed by atoms with Gasteiger partial charge in [-0.2, -0.15) is 0 Å². The van der Waals surface area contributed by atoms with Crippen molar-refractivity contribution in [3.05, 3.63) is 12.2 Å². The van der Waals surface area contributed by atoms with E-state index in [1.54, 1.807) is 0 Å². The number of nitrogens with zero attached hydrogens (tertiary/aromatic N) is 1. The van der Waals surface area contributed by atoms with Crippen molar-refractivity contribution >= 4 is 11.9 Å². The average Bonchev–Trinajstić information content (AvgIpc) is 2.97. The summed E-state index contributed by atoms with van der Waals surface area (Å²) < 4.78 is 11.3. The molecule has 116 valence electrons. The van der Waals surface area contributed by atoms with Crippen LogP contribution >= 0.6 is 0 Å². The van der Waals surface area contributed by atoms with E-state index in [0.29, 0.717) is 19.0 Å². The Morgan fingerprint density at radius 1 is 1.48 bits per heavy atom. The van der Waals surface area contributed by atoms with E-state index < -0.39 is 17.4 Å². The fraction of sp³-hybridized carbons (Fsp3) is 0.750. The molecular weight excluding hydrogens is 270 g/mol. The first kappa shape index (κ1) is 14.6. The molecule has 0 aromatic carbocycles. The Morgan fingerprint density at radius 3 is 2.81 bits per heavy atom. The molecule has 4 atom stereocenters. The molecule has 0 saturated carbocycles. The van der Waals surface area contributed by atoms with Crippen molar-refractivity contribution in [3.63, 3.8) is 0 Å². The van der Waals surface area contributed by atoms with Crippen molar-refractivity contribution in [1.82, 2.24) is 4.90 Å². The predicted octanol–water partition coefficient (Wildman–Crippen LogP) is 1.38. The standard InChI is InChI=1S/C16H23NO4/c1-9(2)7-17-8-16-6-5-11(21-16)12(13(16)14(17)18)15(19)20-10(3)4/h5-6,9-13H,7-8H2,1-4H3/t11-,12?,13+,16-/m1/s1. The average molecular weight is 293 g/mol. The van der Waals surface area contributed by atoms with Crippen LogP contribution in [-0.4, -0.2) is 47.7 Å². The maximum absolute atomic E-state index is 12.7. The van der Waals surface area contributed by atoms with Crippen molar-refractivity contribution in [2.45, 2.75) is 45.5 Å². The lowest BCUT2D eigenvalue weighted by Crippen LogP contribution is -2.40. The molecule has 0 aliphatic carbocycles. The molecule has 5 heteroatoms. The number of fused-ring (bicyclic) bond motifs is 1. The van der Waals surface area contributed by atoms with Gasteiger partial charge in [-0.1, -0.05) is 26.0 Å². The third-order valence-electron chi connectivity index (χ3n) is 4.39. The first-order valence-corrected chi connectivity index (χ1v) is 7.70. The molecule has 1 amide bonds. The van der Waals surface area contributed by atoms with Crippen LogP contribution in [0, 0.1) is 17.8 Å². The van der Waals surface area contributed by atoms with Gasteiger partial charge in [0.15, 0.2) is 0 Å². The van der Waals surface area contributed by atoms with Crippen LogP contribution in [0.4, 0.5) is 0 Å². The zero-order valence-corrected chi connectivity index (χ0v) is 13.0. The van der Waals surface area contributed by atoms with Crippen molar-refractivity contribution in [1.29, 1.82) is 0 Å². The minimum Gasteiger partial charge on any atom is -0.463 e. The molecule has 1 unspecified atom stereocenters. The largest absolute Gasteiger partial charge is 0.463 e. The summed E-state index contributed by atoms with van der Waals surface area (Å²) in [6.07, 6.45) is 3.39. The molecule has 21 heavy (non-hydrogen) atoms. The van der Waals surface area contributed by atoms with Gasteiger partial charge in [0.1, 0.15) is 11.5 Å². The molecule has 0 N–H and O–H groups in total. The fourth-order valence-electron chi connectivity index (χ4n) is 3.75. The van der Waals surface area contributed by atoms with Gasteiger partial charge in [-0.05, 0) is 19.8 Å². The summed E-state index contributed by atoms with van der Waals surface area (Å²) in [6.45, 7) is 9.05. The van der Waals surface area contributed by atoms with E-state index in [9.17, 15) is 9.59 Å². The van der Waals surface area contributed by atoms with E-state index in [0.717, 1.165) is 0 Å². The minimum absolute atomic E-state index is 0.0289. The molecule has 2 bridgehead atoms. The van der Waals surface area contributed by atoms with Crippen LogP contribution in [-0.2, 0) is 19.1 Å². The number of likely N-dealkylation sites (tertiary alicyclic amines) is 1. The number of hydrogen-bond donors (Lipinski definition) is 0. The second-order valence-corrected chi connectivity index (χ2v) is 7.00. The van der Waals surface area contributed by atoms with E-state index in [-0.39, 0.29) is 24.1 Å². The lowest BCUT2D eigenvalue weighted by atomic mass is 9.77. The van der Waals surface area contributed by atoms with Gasteiger partial charge in [0.25, 0.3) is 0 Å². The number of carbonyl (C=O) groups is 2. The van der Waals surface area contributed by atoms with E-state index >= 15 is 0 Å². The number of rotatable bonds is 4. The molecule has 3 aliphatic rings. The molecule has 0 radical (unpaired) electrons. The maximum Gasteiger partial charge on any atom is 0.313 e. The molecular formula is C16H23NO4. The lowest BCUT2D eigenvalue weighted by molar-refractivity contribution is -0.157. The van der Waals surface area contributed by atoms with Crippen LogP contribution < -0.4 is 0 Å². The summed E-state index contributed by atoms with van der Waals surface area (Å²) >= 11 is 0. The number of ether oxygens (including phenoxy) is 2. The van der Waals surface area contributed by atoms with E-state index in [1.807, 2.05) is 30.9 Å². The van der Waals surface area contributed by atoms with Gasteiger partial charge in [-0.25, -0.2) is 0 Å². The first-order valence-electron chi connectivity index (χ1n) is 7.70. The predicted molar refractivity (Wildman–Crippen MR) is 76.4 cm³/mol. The van der Waals surface area contributed by atoms with Crippen LogP contribution in [0.25, 0.3) is 0 Å². The van der Waals surface area contributed by atoms with Gasteiger partial charge in [0.2, 0.25) is 5.91 Å². The summed E-state index contributed by atoms with van der Waals surface area (Å²) in [5, 5.41) is 0. The number of esters is 1. The molecule has 0 aromatic heterocycles. The Kier molecular flexibility index (Phi) is 3.35. The fourth-order valence-corrected chi connectivity index (χ4v) is 3.75. The Bertz CT molecular complexity index is 499. The second-order valence-electron chi connectivity index (χ2n) is 7.00. The molecule has 2 saturated heterocycles. The van der Waals surface area contributed by atoms with Crippen molar-refractivity contribution in [2.75, 3.05) is 13.1 Å². The van der Waals surface area contributed by atoms with Crippen molar-refractivity contribution < 1.29 is 19.1 Å². The summed E-state index contributed by atoms with van der Waals surface area (Å²) in [6, 6.07) is 0. The molecule has 5 nitrogen and oxygen atoms in total. The van der Waals surface area contributed by atoms with Gasteiger partial charge in [-0.3, -0.25) is 9.59 Å². The normalized spacial score (nSPS) is 37.0. The zero-order valence-electron chi connectivity index (χ0n) is 13.0. The molecule has 3 aliphatic heterocycles. The zero-order chi connectivity index (χ0) is 15.4. The molecule has 3 rings (SSSR count). The van der Waals surface area contributed by atoms with E-state index in [4.69, 9.17) is 9.47 Å². The Hall–Kier alpha value is -1.36. The lowest BCUT2D eigenvalue weighted by Gasteiger charge is -2.23. The summed E-state index contributed by atoms with van der Waals surface area (Å²) in [4.78, 5) is 26.9. The van der Waals surface area contributed by atoms with E-state index in [1.165, 1.54) is 0 Å². The van der Waals surface area contributed by atoms with Crippen LogP contribution in [0.2, 0.25) is 0 Å². The maximum atomic E-state index is 12.7. The highest BCUT2D eigenvalue weighted by Gasteiger charge is 2.67. The summed E-state index contributed by atoms with van der Waals surface area (Å²) in [7, 11) is 0. The van der Waals surface area contributed by atoms with Gasteiger partial charge in [0.05, 0.1) is 24.7 Å². The Labute approximate surface area is 125 Å². The summed E-state index contributed by atoms with van der Waals surface area (Å²) in [5.41, 5.74) is -0.614. The molecule has 1 spiro atoms. The Balaban J connectivity index is 1.85. The number of carbonyl (C=O) groups excluding carboxylic acids is 2. The highest BCUT2D eigenvalue weighted by atomic mass is 16.6. The van der Waals surface area contributed by atoms with Gasteiger partial charge >= 0.3 is 5.97 Å². The van der Waals surface area contributed by atoms with Crippen molar-refractivity contribution in [3.8, 4) is 0 Å². The van der Waals surface area contributed by atoms with Gasteiger partial charge in [-0.15, -0.1) is 0 Å². The Morgan fingerprint density at radius 2 is 2.19 bits per heavy atom. The van der Waals surface area contributed by atoms with Gasteiger partial charge in [0, 0.05) is 6.54 Å². The highest BCUT2D eigenvalue weighted by molar-refractivity contribution is 5.91. The van der Waals surface area contributed by atoms with Crippen LogP contribution in [0.5, 0.6) is 0 Å². The molecule has 0 aromatic rings. The third-order valence-corrected chi connectivity index (χ3v) is 4.39. The first-order chi connectivity index (χ1) is 9.84. The third kappa shape index (κ3) is 2.18. The monoisotopic (exact) mass is 293 g/mol. The van der Waals surface area contributed by atoms with Crippen LogP contribution in [0.15, 0.2) is 12.2 Å². The number of amides is 1. The second kappa shape index (κ2) is 4.83.